The molecule has 1 aliphatic heterocycles. The van der Waals surface area contributed by atoms with Crippen molar-refractivity contribution in [1.29, 1.82) is 0 Å². The van der Waals surface area contributed by atoms with Gasteiger partial charge in [0.15, 0.2) is 0 Å². The Balaban J connectivity index is 1.94. The van der Waals surface area contributed by atoms with Gasteiger partial charge in [-0.1, -0.05) is 6.92 Å². The maximum absolute atomic E-state index is 13.1. The highest BCUT2D eigenvalue weighted by Gasteiger charge is 2.33. The lowest BCUT2D eigenvalue weighted by Gasteiger charge is -2.33. The second kappa shape index (κ2) is 9.76. The van der Waals surface area contributed by atoms with E-state index >= 15 is 0 Å². The van der Waals surface area contributed by atoms with Gasteiger partial charge >= 0.3 is 0 Å². The lowest BCUT2D eigenvalue weighted by atomic mass is 10.0. The predicted octanol–water partition coefficient (Wildman–Crippen LogP) is 1.08. The topological polar surface area (TPSA) is 116 Å². The molecule has 3 atom stereocenters. The molecule has 3 rings (SSSR count). The van der Waals surface area contributed by atoms with E-state index in [2.05, 4.69) is 5.32 Å². The van der Waals surface area contributed by atoms with Crippen molar-refractivity contribution in [3.63, 3.8) is 0 Å². The van der Waals surface area contributed by atoms with Crippen molar-refractivity contribution in [1.82, 2.24) is 9.21 Å². The molecule has 2 N–H and O–H groups in total. The van der Waals surface area contributed by atoms with Crippen LogP contribution in [0.4, 0.5) is 5.69 Å². The summed E-state index contributed by atoms with van der Waals surface area (Å²) in [6.07, 6.45) is 2.45. The average Bonchev–Trinajstić information content (AvgIpc) is 3.56. The number of benzene rings is 1. The number of carbonyl (C=O) groups excluding carboxylic acids is 2. The minimum Gasteiger partial charge on any atom is -0.488 e. The lowest BCUT2D eigenvalue weighted by Crippen LogP contribution is -2.48. The molecule has 10 heteroatoms. The van der Waals surface area contributed by atoms with Crippen LogP contribution in [-0.4, -0.2) is 79.7 Å². The van der Waals surface area contributed by atoms with Gasteiger partial charge < -0.3 is 20.1 Å². The summed E-state index contributed by atoms with van der Waals surface area (Å²) in [7, 11) is -1.92. The fourth-order valence-electron chi connectivity index (χ4n) is 3.70. The minimum atomic E-state index is -3.42. The van der Waals surface area contributed by atoms with Crippen molar-refractivity contribution in [2.75, 3.05) is 38.3 Å². The molecule has 0 bridgehead atoms. The molecule has 2 aliphatic rings. The minimum absolute atomic E-state index is 0.0305. The van der Waals surface area contributed by atoms with E-state index in [0.29, 0.717) is 23.5 Å². The average molecular weight is 468 g/mol. The molecule has 1 aliphatic carbocycles. The summed E-state index contributed by atoms with van der Waals surface area (Å²) in [4.78, 5) is 26.9. The van der Waals surface area contributed by atoms with Crippen LogP contribution in [0.15, 0.2) is 18.2 Å². The van der Waals surface area contributed by atoms with Gasteiger partial charge in [0, 0.05) is 36.7 Å². The molecule has 1 saturated carbocycles. The molecular formula is C22H33N3O6S. The van der Waals surface area contributed by atoms with E-state index in [1.54, 1.807) is 30.0 Å². The molecular weight excluding hydrogens is 434 g/mol. The number of rotatable bonds is 7. The summed E-state index contributed by atoms with van der Waals surface area (Å²) < 4.78 is 31.5. The first-order valence-electron chi connectivity index (χ1n) is 10.9. The second-order valence-electron chi connectivity index (χ2n) is 9.02. The van der Waals surface area contributed by atoms with Crippen molar-refractivity contribution in [2.45, 2.75) is 45.3 Å². The molecule has 1 heterocycles. The molecule has 0 saturated heterocycles. The first-order chi connectivity index (χ1) is 15.0. The number of nitrogens with zero attached hydrogens (tertiary/aromatic N) is 2. The third-order valence-corrected chi connectivity index (χ3v) is 7.42. The molecule has 1 fully saturated rings. The Morgan fingerprint density at radius 2 is 2.06 bits per heavy atom. The Kier molecular flexibility index (Phi) is 7.46. The van der Waals surface area contributed by atoms with E-state index in [0.717, 1.165) is 19.1 Å². The lowest BCUT2D eigenvalue weighted by molar-refractivity contribution is -0.134. The Bertz CT molecular complexity index is 962. The molecule has 178 valence electrons. The van der Waals surface area contributed by atoms with Crippen LogP contribution in [0, 0.1) is 11.8 Å². The number of aliphatic hydroxyl groups is 1. The molecule has 9 nitrogen and oxygen atoms in total. The number of ether oxygens (including phenoxy) is 1. The highest BCUT2D eigenvalue weighted by Crippen LogP contribution is 2.32. The molecule has 32 heavy (non-hydrogen) atoms. The molecule has 0 spiro atoms. The summed E-state index contributed by atoms with van der Waals surface area (Å²) in [5.41, 5.74) is 1.20. The number of anilines is 1. The molecule has 0 radical (unpaired) electrons. The van der Waals surface area contributed by atoms with Gasteiger partial charge in [-0.25, -0.2) is 12.7 Å². The third-order valence-electron chi connectivity index (χ3n) is 6.14. The number of carbonyl (C=O) groups is 2. The van der Waals surface area contributed by atoms with Crippen molar-refractivity contribution in [3.8, 4) is 5.75 Å². The van der Waals surface area contributed by atoms with Crippen LogP contribution >= 0.6 is 0 Å². The fraction of sp³-hybridized carbons (Fsp3) is 0.636. The van der Waals surface area contributed by atoms with Crippen molar-refractivity contribution in [2.24, 2.45) is 11.8 Å². The van der Waals surface area contributed by atoms with E-state index < -0.39 is 22.2 Å². The van der Waals surface area contributed by atoms with Gasteiger partial charge in [0.25, 0.3) is 0 Å². The smallest absolute Gasteiger partial charge is 0.227 e. The first-order valence-corrected chi connectivity index (χ1v) is 12.8. The largest absolute Gasteiger partial charge is 0.488 e. The molecule has 1 aromatic carbocycles. The molecule has 0 aromatic heterocycles. The maximum atomic E-state index is 13.1. The van der Waals surface area contributed by atoms with Crippen molar-refractivity contribution < 1.29 is 27.9 Å². The monoisotopic (exact) mass is 467 g/mol. The first kappa shape index (κ1) is 24.5. The van der Waals surface area contributed by atoms with Gasteiger partial charge in [-0.15, -0.1) is 0 Å². The van der Waals surface area contributed by atoms with Crippen LogP contribution in [-0.2, 0) is 26.0 Å². The zero-order chi connectivity index (χ0) is 23.6. The highest BCUT2D eigenvalue weighted by atomic mass is 32.2. The fourth-order valence-corrected chi connectivity index (χ4v) is 4.12. The van der Waals surface area contributed by atoms with Crippen molar-refractivity contribution >= 4 is 27.5 Å². The van der Waals surface area contributed by atoms with E-state index in [1.165, 1.54) is 11.4 Å². The molecule has 1 aromatic rings. The van der Waals surface area contributed by atoms with Gasteiger partial charge in [-0.3, -0.25) is 9.59 Å². The highest BCUT2D eigenvalue weighted by molar-refractivity contribution is 7.88. The zero-order valence-electron chi connectivity index (χ0n) is 19.1. The van der Waals surface area contributed by atoms with Crippen LogP contribution in [0.3, 0.4) is 0 Å². The van der Waals surface area contributed by atoms with Crippen LogP contribution in [0.1, 0.15) is 32.3 Å². The summed E-state index contributed by atoms with van der Waals surface area (Å²) in [6, 6.07) is 4.80. The standard InChI is InChI=1S/C22H33N3O6S/c1-14-11-25(15(2)13-26)21(27)10-17-9-18(23-22(28)16-5-6-16)7-8-19(17)31-20(14)12-24(3)32(4,29)30/h7-9,14-16,20,26H,5-6,10-13H2,1-4H3,(H,23,28)/t14-,15+,20-/m0/s1. The summed E-state index contributed by atoms with van der Waals surface area (Å²) in [5.74, 6) is 0.149. The van der Waals surface area contributed by atoms with E-state index in [4.69, 9.17) is 4.74 Å². The van der Waals surface area contributed by atoms with E-state index in [-0.39, 0.29) is 43.2 Å². The number of fused-ring (bicyclic) bond motifs is 1. The number of hydrogen-bond donors (Lipinski definition) is 2. The number of amides is 2. The van der Waals surface area contributed by atoms with Gasteiger partial charge in [0.05, 0.1) is 31.9 Å². The predicted molar refractivity (Wildman–Crippen MR) is 121 cm³/mol. The Morgan fingerprint density at radius 1 is 1.38 bits per heavy atom. The van der Waals surface area contributed by atoms with E-state index in [1.807, 2.05) is 6.92 Å². The van der Waals surface area contributed by atoms with Crippen LogP contribution in [0.5, 0.6) is 5.75 Å². The number of sulfonamides is 1. The van der Waals surface area contributed by atoms with Crippen LogP contribution in [0.2, 0.25) is 0 Å². The zero-order valence-corrected chi connectivity index (χ0v) is 19.9. The second-order valence-corrected chi connectivity index (χ2v) is 11.1. The van der Waals surface area contributed by atoms with Gasteiger partial charge in [0.2, 0.25) is 21.8 Å². The van der Waals surface area contributed by atoms with Gasteiger partial charge in [-0.2, -0.15) is 0 Å². The number of hydrogen-bond acceptors (Lipinski definition) is 6. The summed E-state index contributed by atoms with van der Waals surface area (Å²) in [5, 5.41) is 12.6. The molecule has 2 amide bonds. The summed E-state index contributed by atoms with van der Waals surface area (Å²) >= 11 is 0. The van der Waals surface area contributed by atoms with Gasteiger partial charge in [0.1, 0.15) is 11.9 Å². The van der Waals surface area contributed by atoms with Crippen LogP contribution in [0.25, 0.3) is 0 Å². The Hall–Kier alpha value is -2.17. The summed E-state index contributed by atoms with van der Waals surface area (Å²) in [6.45, 7) is 3.93. The SMILES string of the molecule is C[C@H](CO)N1C[C@H](C)[C@H](CN(C)S(C)(=O)=O)Oc2ccc(NC(=O)C3CC3)cc2CC1=O. The normalized spacial score (nSPS) is 22.9. The Morgan fingerprint density at radius 3 is 2.66 bits per heavy atom. The maximum Gasteiger partial charge on any atom is 0.227 e. The van der Waals surface area contributed by atoms with Gasteiger partial charge in [-0.05, 0) is 38.0 Å². The third kappa shape index (κ3) is 5.99. The molecule has 0 unspecified atom stereocenters. The van der Waals surface area contributed by atoms with Crippen molar-refractivity contribution in [3.05, 3.63) is 23.8 Å². The van der Waals surface area contributed by atoms with E-state index in [9.17, 15) is 23.1 Å². The Labute approximate surface area is 189 Å². The number of nitrogens with one attached hydrogen (secondary N) is 1. The van der Waals surface area contributed by atoms with Crippen LogP contribution < -0.4 is 10.1 Å². The number of likely N-dealkylation sites (N-methyl/N-ethyl adjacent to an activating group) is 1. The quantitative estimate of drug-likeness (QED) is 0.620. The number of aliphatic hydroxyl groups excluding tert-OH is 1.